The minimum absolute atomic E-state index is 0.145. The number of hydrogen-bond acceptors (Lipinski definition) is 4. The topological polar surface area (TPSA) is 81.4 Å². The molecule has 2 rings (SSSR count). The molecule has 0 bridgehead atoms. The fourth-order valence-electron chi connectivity index (χ4n) is 1.80. The van der Waals surface area contributed by atoms with Crippen molar-refractivity contribution < 1.29 is 17.5 Å². The molecular weight excluding hydrogens is 295 g/mol. The van der Waals surface area contributed by atoms with Crippen LogP contribution in [0.25, 0.3) is 0 Å². The number of benzene rings is 2. The second kappa shape index (κ2) is 6.01. The lowest BCUT2D eigenvalue weighted by molar-refractivity contribution is 0.340. The van der Waals surface area contributed by atoms with E-state index in [4.69, 9.17) is 10.5 Å². The number of rotatable bonds is 5. The van der Waals surface area contributed by atoms with Crippen LogP contribution in [0.4, 0.5) is 15.8 Å². The van der Waals surface area contributed by atoms with Crippen LogP contribution >= 0.6 is 0 Å². The van der Waals surface area contributed by atoms with Gasteiger partial charge in [0.05, 0.1) is 12.3 Å². The van der Waals surface area contributed by atoms with Gasteiger partial charge in [-0.3, -0.25) is 4.72 Å². The smallest absolute Gasteiger partial charge is 0.266 e. The van der Waals surface area contributed by atoms with Gasteiger partial charge in [0, 0.05) is 5.69 Å². The first kappa shape index (κ1) is 15.1. The zero-order chi connectivity index (χ0) is 15.5. The van der Waals surface area contributed by atoms with E-state index >= 15 is 0 Å². The number of sulfonamides is 1. The van der Waals surface area contributed by atoms with Crippen LogP contribution in [0.1, 0.15) is 6.92 Å². The Bertz CT molecular complexity index is 710. The van der Waals surface area contributed by atoms with E-state index < -0.39 is 20.7 Å². The third-order valence-electron chi connectivity index (χ3n) is 2.68. The van der Waals surface area contributed by atoms with Gasteiger partial charge in [0.2, 0.25) is 0 Å². The third-order valence-corrected chi connectivity index (χ3v) is 4.16. The number of anilines is 2. The molecule has 7 heteroatoms. The van der Waals surface area contributed by atoms with Crippen molar-refractivity contribution in [3.05, 3.63) is 48.3 Å². The summed E-state index contributed by atoms with van der Waals surface area (Å²) in [6.07, 6.45) is 0. The van der Waals surface area contributed by atoms with Crippen molar-refractivity contribution in [3.63, 3.8) is 0 Å². The quantitative estimate of drug-likeness (QED) is 0.832. The summed E-state index contributed by atoms with van der Waals surface area (Å²) in [6.45, 7) is 2.36. The molecule has 0 saturated heterocycles. The normalized spacial score (nSPS) is 11.1. The lowest BCUT2D eigenvalue weighted by atomic mass is 10.3. The summed E-state index contributed by atoms with van der Waals surface area (Å²) >= 11 is 0. The second-order valence-electron chi connectivity index (χ2n) is 4.22. The highest BCUT2D eigenvalue weighted by Gasteiger charge is 2.22. The molecule has 0 saturated carbocycles. The number of nitrogens with one attached hydrogen (secondary N) is 1. The van der Waals surface area contributed by atoms with Crippen molar-refractivity contribution in [2.75, 3.05) is 17.1 Å². The molecule has 2 aromatic rings. The Labute approximate surface area is 122 Å². The standard InChI is InChI=1S/C14H15FN2O3S/c1-2-20-11-8-6-10(7-9-11)17-21(18,19)14-12(15)4-3-5-13(14)16/h3-9,17H,2,16H2,1H3. The number of ether oxygens (including phenoxy) is 1. The summed E-state index contributed by atoms with van der Waals surface area (Å²) in [5.41, 5.74) is 5.69. The van der Waals surface area contributed by atoms with Crippen molar-refractivity contribution in [1.82, 2.24) is 0 Å². The van der Waals surface area contributed by atoms with E-state index in [1.54, 1.807) is 12.1 Å². The molecule has 0 heterocycles. The molecule has 0 radical (unpaired) electrons. The number of halogens is 1. The van der Waals surface area contributed by atoms with Gasteiger partial charge in [-0.1, -0.05) is 6.07 Å². The highest BCUT2D eigenvalue weighted by molar-refractivity contribution is 7.92. The predicted molar refractivity (Wildman–Crippen MR) is 79.2 cm³/mol. The minimum atomic E-state index is -4.09. The van der Waals surface area contributed by atoms with Gasteiger partial charge < -0.3 is 10.5 Å². The first-order valence-corrected chi connectivity index (χ1v) is 7.72. The average molecular weight is 310 g/mol. The molecule has 0 atom stereocenters. The zero-order valence-electron chi connectivity index (χ0n) is 11.3. The third kappa shape index (κ3) is 3.43. The highest BCUT2D eigenvalue weighted by atomic mass is 32.2. The summed E-state index contributed by atoms with van der Waals surface area (Å²) in [4.78, 5) is -0.557. The van der Waals surface area contributed by atoms with E-state index in [2.05, 4.69) is 4.72 Å². The van der Waals surface area contributed by atoms with Gasteiger partial charge in [-0.2, -0.15) is 0 Å². The van der Waals surface area contributed by atoms with Gasteiger partial charge in [-0.25, -0.2) is 12.8 Å². The van der Waals surface area contributed by atoms with Crippen LogP contribution in [-0.4, -0.2) is 15.0 Å². The number of nitrogens with two attached hydrogens (primary N) is 1. The van der Waals surface area contributed by atoms with Crippen molar-refractivity contribution in [1.29, 1.82) is 0 Å². The SMILES string of the molecule is CCOc1ccc(NS(=O)(=O)c2c(N)cccc2F)cc1. The molecule has 2 aromatic carbocycles. The van der Waals surface area contributed by atoms with E-state index in [-0.39, 0.29) is 5.69 Å². The van der Waals surface area contributed by atoms with Crippen LogP contribution in [0.3, 0.4) is 0 Å². The van der Waals surface area contributed by atoms with Crippen LogP contribution in [0.2, 0.25) is 0 Å². The maximum Gasteiger partial charge on any atom is 0.266 e. The largest absolute Gasteiger partial charge is 0.494 e. The van der Waals surface area contributed by atoms with Gasteiger partial charge in [-0.05, 0) is 43.3 Å². The molecule has 21 heavy (non-hydrogen) atoms. The van der Waals surface area contributed by atoms with E-state index in [1.165, 1.54) is 24.3 Å². The lowest BCUT2D eigenvalue weighted by Gasteiger charge is -2.11. The van der Waals surface area contributed by atoms with Crippen LogP contribution in [0, 0.1) is 5.82 Å². The van der Waals surface area contributed by atoms with Crippen LogP contribution in [0.5, 0.6) is 5.75 Å². The van der Waals surface area contributed by atoms with Crippen LogP contribution in [0.15, 0.2) is 47.4 Å². The van der Waals surface area contributed by atoms with E-state index in [0.717, 1.165) is 6.07 Å². The van der Waals surface area contributed by atoms with Gasteiger partial charge in [-0.15, -0.1) is 0 Å². The predicted octanol–water partition coefficient (Wildman–Crippen LogP) is 2.61. The molecule has 0 aliphatic rings. The number of nitrogen functional groups attached to an aromatic ring is 1. The fraction of sp³-hybridized carbons (Fsp3) is 0.143. The minimum Gasteiger partial charge on any atom is -0.494 e. The van der Waals surface area contributed by atoms with E-state index in [9.17, 15) is 12.8 Å². The van der Waals surface area contributed by atoms with Crippen molar-refractivity contribution in [2.45, 2.75) is 11.8 Å². The molecule has 0 spiro atoms. The summed E-state index contributed by atoms with van der Waals surface area (Å²) < 4.78 is 45.6. The van der Waals surface area contributed by atoms with Gasteiger partial charge >= 0.3 is 0 Å². The summed E-state index contributed by atoms with van der Waals surface area (Å²) in [5.74, 6) is -0.278. The first-order valence-electron chi connectivity index (χ1n) is 6.23. The monoisotopic (exact) mass is 310 g/mol. The molecule has 3 N–H and O–H groups in total. The Morgan fingerprint density at radius 1 is 1.19 bits per heavy atom. The molecule has 112 valence electrons. The molecule has 0 aliphatic heterocycles. The summed E-state index contributed by atoms with van der Waals surface area (Å²) in [5, 5.41) is 0. The fourth-order valence-corrected chi connectivity index (χ4v) is 3.05. The summed E-state index contributed by atoms with van der Waals surface area (Å²) in [6, 6.07) is 10.0. The maximum atomic E-state index is 13.7. The Balaban J connectivity index is 2.29. The van der Waals surface area contributed by atoms with Crippen molar-refractivity contribution >= 4 is 21.4 Å². The second-order valence-corrected chi connectivity index (χ2v) is 5.84. The summed E-state index contributed by atoms with van der Waals surface area (Å²) in [7, 11) is -4.09. The van der Waals surface area contributed by atoms with Gasteiger partial charge in [0.15, 0.2) is 0 Å². The first-order chi connectivity index (χ1) is 9.94. The van der Waals surface area contributed by atoms with Gasteiger partial charge in [0.25, 0.3) is 10.0 Å². The lowest BCUT2D eigenvalue weighted by Crippen LogP contribution is -2.16. The molecule has 0 amide bonds. The Hall–Kier alpha value is -2.28. The van der Waals surface area contributed by atoms with Crippen molar-refractivity contribution in [3.8, 4) is 5.75 Å². The number of hydrogen-bond donors (Lipinski definition) is 2. The molecular formula is C14H15FN2O3S. The average Bonchev–Trinajstić information content (AvgIpc) is 2.40. The molecule has 0 unspecified atom stereocenters. The van der Waals surface area contributed by atoms with Crippen LogP contribution in [-0.2, 0) is 10.0 Å². The molecule has 0 aliphatic carbocycles. The van der Waals surface area contributed by atoms with E-state index in [1.807, 2.05) is 6.92 Å². The van der Waals surface area contributed by atoms with Crippen LogP contribution < -0.4 is 15.2 Å². The van der Waals surface area contributed by atoms with E-state index in [0.29, 0.717) is 18.0 Å². The molecule has 5 nitrogen and oxygen atoms in total. The Kier molecular flexibility index (Phi) is 4.32. The zero-order valence-corrected chi connectivity index (χ0v) is 12.2. The molecule has 0 fully saturated rings. The van der Waals surface area contributed by atoms with Crippen molar-refractivity contribution in [2.24, 2.45) is 0 Å². The van der Waals surface area contributed by atoms with Gasteiger partial charge in [0.1, 0.15) is 16.5 Å². The Morgan fingerprint density at radius 2 is 1.86 bits per heavy atom. The highest BCUT2D eigenvalue weighted by Crippen LogP contribution is 2.25. The Morgan fingerprint density at radius 3 is 2.43 bits per heavy atom. The molecule has 0 aromatic heterocycles. The maximum absolute atomic E-state index is 13.7.